The molecule has 2 unspecified atom stereocenters. The Balaban J connectivity index is 1.90. The predicted molar refractivity (Wildman–Crippen MR) is 67.5 cm³/mol. The Labute approximate surface area is 102 Å². The van der Waals surface area contributed by atoms with Crippen molar-refractivity contribution in [1.82, 2.24) is 15.2 Å². The average Bonchev–Trinajstić information content (AvgIpc) is 2.85. The highest BCUT2D eigenvalue weighted by molar-refractivity contribution is 5.79. The first kappa shape index (κ1) is 12.2. The molecule has 4 heteroatoms. The van der Waals surface area contributed by atoms with E-state index in [1.165, 1.54) is 5.69 Å². The van der Waals surface area contributed by atoms with Crippen LogP contribution in [0.15, 0.2) is 12.1 Å². The number of hydrogen-bond acceptors (Lipinski definition) is 2. The minimum absolute atomic E-state index is 0.122. The smallest absolute Gasteiger partial charge is 0.225 e. The fourth-order valence-electron chi connectivity index (χ4n) is 2.31. The van der Waals surface area contributed by atoms with Crippen molar-refractivity contribution in [1.29, 1.82) is 0 Å². The molecule has 1 amide bonds. The zero-order valence-corrected chi connectivity index (χ0v) is 10.8. The van der Waals surface area contributed by atoms with Crippen LogP contribution in [0.1, 0.15) is 18.3 Å². The van der Waals surface area contributed by atoms with Gasteiger partial charge in [0, 0.05) is 25.0 Å². The second-order valence-electron chi connectivity index (χ2n) is 4.98. The maximum absolute atomic E-state index is 12.0. The largest absolute Gasteiger partial charge is 0.350 e. The first-order valence-electron chi connectivity index (χ1n) is 6.19. The highest BCUT2D eigenvalue weighted by Gasteiger charge is 2.29. The number of aromatic nitrogens is 1. The van der Waals surface area contributed by atoms with E-state index < -0.39 is 0 Å². The molecule has 0 bridgehead atoms. The molecule has 0 aliphatic carbocycles. The van der Waals surface area contributed by atoms with E-state index in [2.05, 4.69) is 41.2 Å². The highest BCUT2D eigenvalue weighted by Crippen LogP contribution is 2.16. The molecule has 1 aliphatic rings. The highest BCUT2D eigenvalue weighted by atomic mass is 16.1. The summed E-state index contributed by atoms with van der Waals surface area (Å²) in [7, 11) is 2.02. The molecule has 0 spiro atoms. The van der Waals surface area contributed by atoms with Crippen LogP contribution in [-0.2, 0) is 18.4 Å². The molecular formula is C13H21N3O. The summed E-state index contributed by atoms with van der Waals surface area (Å²) in [4.78, 5) is 12.0. The van der Waals surface area contributed by atoms with Gasteiger partial charge < -0.3 is 15.2 Å². The van der Waals surface area contributed by atoms with Crippen molar-refractivity contribution < 1.29 is 4.79 Å². The summed E-state index contributed by atoms with van der Waals surface area (Å²) in [5.41, 5.74) is 2.36. The van der Waals surface area contributed by atoms with E-state index in [4.69, 9.17) is 0 Å². The van der Waals surface area contributed by atoms with Gasteiger partial charge in [-0.25, -0.2) is 0 Å². The van der Waals surface area contributed by atoms with Gasteiger partial charge in [0.05, 0.1) is 12.5 Å². The minimum Gasteiger partial charge on any atom is -0.350 e. The Morgan fingerprint density at radius 2 is 2.29 bits per heavy atom. The summed E-state index contributed by atoms with van der Waals surface area (Å²) < 4.78 is 2.11. The minimum atomic E-state index is 0.122. The van der Waals surface area contributed by atoms with Crippen LogP contribution in [0.5, 0.6) is 0 Å². The Morgan fingerprint density at radius 3 is 2.82 bits per heavy atom. The van der Waals surface area contributed by atoms with Gasteiger partial charge in [-0.15, -0.1) is 0 Å². The number of carbonyl (C=O) groups excluding carboxylic acids is 1. The normalized spacial score (nSPS) is 23.9. The maximum atomic E-state index is 12.0. The van der Waals surface area contributed by atoms with E-state index in [1.807, 2.05) is 7.05 Å². The molecule has 0 aromatic carbocycles. The summed E-state index contributed by atoms with van der Waals surface area (Å²) >= 11 is 0. The lowest BCUT2D eigenvalue weighted by molar-refractivity contribution is -0.125. The molecule has 0 saturated carbocycles. The van der Waals surface area contributed by atoms with Gasteiger partial charge in [0.15, 0.2) is 0 Å². The number of nitrogens with one attached hydrogen (secondary N) is 2. The first-order valence-corrected chi connectivity index (χ1v) is 6.19. The molecule has 94 valence electrons. The van der Waals surface area contributed by atoms with Crippen molar-refractivity contribution in [3.63, 3.8) is 0 Å². The van der Waals surface area contributed by atoms with Crippen LogP contribution in [0, 0.1) is 18.8 Å². The molecule has 1 aromatic heterocycles. The molecule has 2 atom stereocenters. The van der Waals surface area contributed by atoms with Gasteiger partial charge >= 0.3 is 0 Å². The molecule has 4 nitrogen and oxygen atoms in total. The van der Waals surface area contributed by atoms with Crippen LogP contribution in [0.3, 0.4) is 0 Å². The Morgan fingerprint density at radius 1 is 1.53 bits per heavy atom. The Kier molecular flexibility index (Phi) is 3.52. The van der Waals surface area contributed by atoms with Crippen LogP contribution < -0.4 is 10.6 Å². The second-order valence-corrected chi connectivity index (χ2v) is 4.98. The lowest BCUT2D eigenvalue weighted by atomic mass is 9.97. The predicted octanol–water partition coefficient (Wildman–Crippen LogP) is 0.805. The topological polar surface area (TPSA) is 46.1 Å². The van der Waals surface area contributed by atoms with Crippen LogP contribution in [0.25, 0.3) is 0 Å². The average molecular weight is 235 g/mol. The molecule has 17 heavy (non-hydrogen) atoms. The molecule has 2 rings (SSSR count). The monoisotopic (exact) mass is 235 g/mol. The van der Waals surface area contributed by atoms with Gasteiger partial charge in [-0.1, -0.05) is 6.92 Å². The van der Waals surface area contributed by atoms with Crippen LogP contribution >= 0.6 is 0 Å². The fraction of sp³-hybridized carbons (Fsp3) is 0.615. The van der Waals surface area contributed by atoms with Crippen molar-refractivity contribution in [2.75, 3.05) is 13.1 Å². The fourth-order valence-corrected chi connectivity index (χ4v) is 2.31. The van der Waals surface area contributed by atoms with E-state index in [0.717, 1.165) is 18.8 Å². The number of carbonyl (C=O) groups is 1. The van der Waals surface area contributed by atoms with Gasteiger partial charge in [-0.05, 0) is 31.5 Å². The number of amides is 1. The number of hydrogen-bond donors (Lipinski definition) is 2. The number of nitrogens with zero attached hydrogens (tertiary/aromatic N) is 1. The van der Waals surface area contributed by atoms with E-state index in [1.54, 1.807) is 0 Å². The van der Waals surface area contributed by atoms with Gasteiger partial charge in [0.25, 0.3) is 0 Å². The number of rotatable bonds is 3. The molecule has 1 saturated heterocycles. The lowest BCUT2D eigenvalue weighted by Crippen LogP contribution is -2.34. The molecule has 0 radical (unpaired) electrons. The SMILES string of the molecule is Cc1ccc(CNC(=O)C2CNCC2C)n1C. The summed E-state index contributed by atoms with van der Waals surface area (Å²) in [6, 6.07) is 4.13. The van der Waals surface area contributed by atoms with Crippen LogP contribution in [0.2, 0.25) is 0 Å². The van der Waals surface area contributed by atoms with Crippen molar-refractivity contribution in [2.24, 2.45) is 18.9 Å². The zero-order valence-electron chi connectivity index (χ0n) is 10.8. The van der Waals surface area contributed by atoms with E-state index in [0.29, 0.717) is 12.5 Å². The Bertz CT molecular complexity index is 411. The zero-order chi connectivity index (χ0) is 12.4. The number of aryl methyl sites for hydroxylation is 1. The molecule has 1 aliphatic heterocycles. The molecule has 1 aromatic rings. The van der Waals surface area contributed by atoms with Crippen molar-refractivity contribution in [2.45, 2.75) is 20.4 Å². The molecule has 2 heterocycles. The lowest BCUT2D eigenvalue weighted by Gasteiger charge is -2.14. The third kappa shape index (κ3) is 2.52. The van der Waals surface area contributed by atoms with Gasteiger partial charge in [0.1, 0.15) is 0 Å². The van der Waals surface area contributed by atoms with Crippen molar-refractivity contribution in [3.8, 4) is 0 Å². The standard InChI is InChI=1S/C13H21N3O/c1-9-6-14-8-12(9)13(17)15-7-11-5-4-10(2)16(11)3/h4-5,9,12,14H,6-8H2,1-3H3,(H,15,17). The van der Waals surface area contributed by atoms with Gasteiger partial charge in [-0.3, -0.25) is 4.79 Å². The summed E-state index contributed by atoms with van der Waals surface area (Å²) in [5, 5.41) is 6.28. The third-order valence-electron chi connectivity index (χ3n) is 3.77. The van der Waals surface area contributed by atoms with E-state index in [-0.39, 0.29) is 11.8 Å². The second kappa shape index (κ2) is 4.92. The first-order chi connectivity index (χ1) is 8.09. The quantitative estimate of drug-likeness (QED) is 0.814. The van der Waals surface area contributed by atoms with Crippen molar-refractivity contribution in [3.05, 3.63) is 23.5 Å². The molecular weight excluding hydrogens is 214 g/mol. The van der Waals surface area contributed by atoms with E-state index in [9.17, 15) is 4.79 Å². The van der Waals surface area contributed by atoms with Crippen LogP contribution in [-0.4, -0.2) is 23.6 Å². The summed E-state index contributed by atoms with van der Waals surface area (Å²) in [5.74, 6) is 0.725. The van der Waals surface area contributed by atoms with Crippen LogP contribution in [0.4, 0.5) is 0 Å². The molecule has 1 fully saturated rings. The maximum Gasteiger partial charge on any atom is 0.225 e. The summed E-state index contributed by atoms with van der Waals surface area (Å²) in [6.45, 7) is 6.55. The third-order valence-corrected chi connectivity index (χ3v) is 3.77. The van der Waals surface area contributed by atoms with Gasteiger partial charge in [0.2, 0.25) is 5.91 Å². The molecule has 2 N–H and O–H groups in total. The summed E-state index contributed by atoms with van der Waals surface area (Å²) in [6.07, 6.45) is 0. The van der Waals surface area contributed by atoms with E-state index >= 15 is 0 Å². The van der Waals surface area contributed by atoms with Crippen molar-refractivity contribution >= 4 is 5.91 Å². The van der Waals surface area contributed by atoms with Gasteiger partial charge in [-0.2, -0.15) is 0 Å². The Hall–Kier alpha value is -1.29.